The first-order valence-corrected chi connectivity index (χ1v) is 10.7. The SMILES string of the molecule is Cc1ccc2c(c1)c1c(n2CC(O)(c2ccc(F)cc2)C2CC2)CCN(C)CC1. The third kappa shape index (κ3) is 3.28. The molecule has 1 aliphatic heterocycles. The largest absolute Gasteiger partial charge is 0.383 e. The Bertz CT molecular complexity index is 1050. The first-order chi connectivity index (χ1) is 14.0. The van der Waals surface area contributed by atoms with Crippen LogP contribution < -0.4 is 0 Å². The Labute approximate surface area is 171 Å². The number of aryl methyl sites for hydroxylation is 1. The van der Waals surface area contributed by atoms with Crippen LogP contribution in [0.15, 0.2) is 42.5 Å². The van der Waals surface area contributed by atoms with Gasteiger partial charge in [0.2, 0.25) is 0 Å². The molecule has 2 aromatic carbocycles. The first kappa shape index (κ1) is 18.8. The molecule has 1 fully saturated rings. The summed E-state index contributed by atoms with van der Waals surface area (Å²) in [5, 5.41) is 13.2. The maximum Gasteiger partial charge on any atom is 0.123 e. The molecule has 1 saturated carbocycles. The summed E-state index contributed by atoms with van der Waals surface area (Å²) in [5.41, 5.74) is 5.14. The van der Waals surface area contributed by atoms with E-state index < -0.39 is 5.60 Å². The summed E-state index contributed by atoms with van der Waals surface area (Å²) < 4.78 is 15.9. The van der Waals surface area contributed by atoms with Crippen molar-refractivity contribution in [1.82, 2.24) is 9.47 Å². The van der Waals surface area contributed by atoms with Crippen molar-refractivity contribution < 1.29 is 9.50 Å². The average Bonchev–Trinajstić information content (AvgIpc) is 3.53. The van der Waals surface area contributed by atoms with Gasteiger partial charge in [-0.2, -0.15) is 0 Å². The van der Waals surface area contributed by atoms with Crippen molar-refractivity contribution in [3.8, 4) is 0 Å². The molecule has 3 aromatic rings. The van der Waals surface area contributed by atoms with E-state index in [0.29, 0.717) is 6.54 Å². The number of nitrogens with zero attached hydrogens (tertiary/aromatic N) is 2. The van der Waals surface area contributed by atoms with E-state index in [0.717, 1.165) is 44.3 Å². The molecule has 1 N–H and O–H groups in total. The molecule has 5 rings (SSSR count). The summed E-state index contributed by atoms with van der Waals surface area (Å²) in [6.07, 6.45) is 4.08. The molecule has 1 unspecified atom stereocenters. The first-order valence-electron chi connectivity index (χ1n) is 10.7. The molecule has 0 amide bonds. The molecular weight excluding hydrogens is 363 g/mol. The predicted molar refractivity (Wildman–Crippen MR) is 115 cm³/mol. The second kappa shape index (κ2) is 6.96. The number of aliphatic hydroxyl groups is 1. The lowest BCUT2D eigenvalue weighted by Crippen LogP contribution is -2.34. The fourth-order valence-electron chi connectivity index (χ4n) is 5.04. The number of likely N-dealkylation sites (N-methyl/N-ethyl adjacent to an activating group) is 1. The van der Waals surface area contributed by atoms with Crippen LogP contribution in [0.3, 0.4) is 0 Å². The van der Waals surface area contributed by atoms with Crippen molar-refractivity contribution in [2.24, 2.45) is 5.92 Å². The molecule has 4 heteroatoms. The number of hydrogen-bond acceptors (Lipinski definition) is 2. The Balaban J connectivity index is 1.65. The lowest BCUT2D eigenvalue weighted by molar-refractivity contribution is -0.00411. The standard InChI is InChI=1S/C25H29FN2O/c1-17-3-10-23-22(15-17)21-11-13-27(2)14-12-24(21)28(23)16-25(29,18-4-5-18)19-6-8-20(26)9-7-19/h3,6-10,15,18,29H,4-5,11-14,16H2,1-2H3. The van der Waals surface area contributed by atoms with Crippen LogP contribution in [0.1, 0.15) is 35.2 Å². The molecule has 1 aromatic heterocycles. The summed E-state index contributed by atoms with van der Waals surface area (Å²) in [6, 6.07) is 13.1. The van der Waals surface area contributed by atoms with Gasteiger partial charge in [-0.25, -0.2) is 4.39 Å². The Morgan fingerprint density at radius 3 is 2.52 bits per heavy atom. The summed E-state index contributed by atoms with van der Waals surface area (Å²) in [5.74, 6) is -0.0225. The number of fused-ring (bicyclic) bond motifs is 3. The highest BCUT2D eigenvalue weighted by Crippen LogP contribution is 2.47. The van der Waals surface area contributed by atoms with Crippen molar-refractivity contribution in [2.45, 2.75) is 44.8 Å². The summed E-state index contributed by atoms with van der Waals surface area (Å²) in [6.45, 7) is 4.76. The molecule has 29 heavy (non-hydrogen) atoms. The van der Waals surface area contributed by atoms with E-state index in [1.54, 1.807) is 12.1 Å². The smallest absolute Gasteiger partial charge is 0.123 e. The second-order valence-electron chi connectivity index (χ2n) is 9.04. The van der Waals surface area contributed by atoms with Crippen LogP contribution in [0.5, 0.6) is 0 Å². The number of benzene rings is 2. The highest BCUT2D eigenvalue weighted by molar-refractivity contribution is 5.86. The maximum absolute atomic E-state index is 13.5. The molecule has 0 bridgehead atoms. The Morgan fingerprint density at radius 1 is 1.07 bits per heavy atom. The Hall–Kier alpha value is -2.17. The van der Waals surface area contributed by atoms with E-state index in [4.69, 9.17) is 0 Å². The minimum atomic E-state index is -0.962. The zero-order valence-corrected chi connectivity index (χ0v) is 17.3. The fourth-order valence-corrected chi connectivity index (χ4v) is 5.04. The molecule has 0 spiro atoms. The molecule has 3 nitrogen and oxygen atoms in total. The molecule has 1 aliphatic carbocycles. The predicted octanol–water partition coefficient (Wildman–Crippen LogP) is 4.42. The van der Waals surface area contributed by atoms with Crippen molar-refractivity contribution in [3.63, 3.8) is 0 Å². The summed E-state index contributed by atoms with van der Waals surface area (Å²) >= 11 is 0. The second-order valence-corrected chi connectivity index (χ2v) is 9.04. The van der Waals surface area contributed by atoms with Crippen LogP contribution in [0.2, 0.25) is 0 Å². The lowest BCUT2D eigenvalue weighted by atomic mass is 9.88. The van der Waals surface area contributed by atoms with Crippen molar-refractivity contribution in [1.29, 1.82) is 0 Å². The van der Waals surface area contributed by atoms with Crippen LogP contribution in [-0.2, 0) is 25.0 Å². The van der Waals surface area contributed by atoms with Crippen LogP contribution >= 0.6 is 0 Å². The number of rotatable bonds is 4. The van der Waals surface area contributed by atoms with E-state index in [9.17, 15) is 9.50 Å². The Kier molecular flexibility index (Phi) is 4.52. The van der Waals surface area contributed by atoms with E-state index in [2.05, 4.69) is 41.6 Å². The Morgan fingerprint density at radius 2 is 1.79 bits per heavy atom. The van der Waals surface area contributed by atoms with E-state index in [1.807, 2.05) is 0 Å². The molecule has 1 atom stereocenters. The minimum Gasteiger partial charge on any atom is -0.383 e. The lowest BCUT2D eigenvalue weighted by Gasteiger charge is -2.31. The molecule has 2 heterocycles. The zero-order valence-electron chi connectivity index (χ0n) is 17.3. The van der Waals surface area contributed by atoms with Gasteiger partial charge in [-0.05, 0) is 74.5 Å². The molecule has 0 radical (unpaired) electrons. The minimum absolute atomic E-state index is 0.236. The van der Waals surface area contributed by atoms with Crippen LogP contribution in [0.4, 0.5) is 4.39 Å². The fraction of sp³-hybridized carbons (Fsp3) is 0.440. The van der Waals surface area contributed by atoms with Gasteiger partial charge in [0.05, 0.1) is 6.54 Å². The number of aromatic nitrogens is 1. The van der Waals surface area contributed by atoms with Gasteiger partial charge in [-0.3, -0.25) is 0 Å². The highest BCUT2D eigenvalue weighted by Gasteiger charge is 2.46. The van der Waals surface area contributed by atoms with Crippen molar-refractivity contribution in [2.75, 3.05) is 20.1 Å². The van der Waals surface area contributed by atoms with E-state index >= 15 is 0 Å². The van der Waals surface area contributed by atoms with Crippen LogP contribution in [0.25, 0.3) is 10.9 Å². The number of hydrogen-bond donors (Lipinski definition) is 1. The van der Waals surface area contributed by atoms with Gasteiger partial charge in [0.15, 0.2) is 0 Å². The third-order valence-corrected chi connectivity index (χ3v) is 6.91. The number of halogens is 1. The topological polar surface area (TPSA) is 28.4 Å². The molecular formula is C25H29FN2O. The molecule has 0 saturated heterocycles. The monoisotopic (exact) mass is 392 g/mol. The van der Waals surface area contributed by atoms with Gasteiger partial charge in [-0.15, -0.1) is 0 Å². The van der Waals surface area contributed by atoms with E-state index in [-0.39, 0.29) is 11.7 Å². The van der Waals surface area contributed by atoms with Crippen LogP contribution in [0, 0.1) is 18.7 Å². The molecule has 152 valence electrons. The van der Waals surface area contributed by atoms with Crippen LogP contribution in [-0.4, -0.2) is 34.7 Å². The summed E-state index contributed by atoms with van der Waals surface area (Å²) in [7, 11) is 2.18. The van der Waals surface area contributed by atoms with Gasteiger partial charge in [-0.1, -0.05) is 23.8 Å². The average molecular weight is 393 g/mol. The summed E-state index contributed by atoms with van der Waals surface area (Å²) in [4.78, 5) is 2.39. The van der Waals surface area contributed by atoms with Crippen molar-refractivity contribution in [3.05, 3.63) is 70.7 Å². The maximum atomic E-state index is 13.5. The van der Waals surface area contributed by atoms with Gasteiger partial charge >= 0.3 is 0 Å². The van der Waals surface area contributed by atoms with Crippen molar-refractivity contribution >= 4 is 10.9 Å². The van der Waals surface area contributed by atoms with Gasteiger partial charge in [0.25, 0.3) is 0 Å². The highest BCUT2D eigenvalue weighted by atomic mass is 19.1. The quantitative estimate of drug-likeness (QED) is 0.712. The normalized spacial score (nSPS) is 19.7. The van der Waals surface area contributed by atoms with Gasteiger partial charge in [0.1, 0.15) is 11.4 Å². The van der Waals surface area contributed by atoms with Gasteiger partial charge in [0, 0.05) is 36.1 Å². The van der Waals surface area contributed by atoms with Gasteiger partial charge < -0.3 is 14.6 Å². The zero-order chi connectivity index (χ0) is 20.2. The third-order valence-electron chi connectivity index (χ3n) is 6.91. The molecule has 2 aliphatic rings. The van der Waals surface area contributed by atoms with E-state index in [1.165, 1.54) is 39.9 Å².